The minimum atomic E-state index is -0.182. The second kappa shape index (κ2) is 9.00. The molecule has 2 atom stereocenters. The number of thioether (sulfide) groups is 1. The number of carbonyl (C=O) groups excluding carboxylic acids is 1. The molecule has 5 heteroatoms. The number of nitrogens with one attached hydrogen (secondary N) is 1. The molecule has 0 unspecified atom stereocenters. The lowest BCUT2D eigenvalue weighted by Gasteiger charge is -2.20. The minimum Gasteiger partial charge on any atom is -0.497 e. The Morgan fingerprint density at radius 3 is 2.33 bits per heavy atom. The third kappa shape index (κ3) is 5.18. The average Bonchev–Trinajstić information content (AvgIpc) is 2.61. The van der Waals surface area contributed by atoms with Gasteiger partial charge in [-0.15, -0.1) is 11.8 Å². The maximum atomic E-state index is 12.5. The Balaban J connectivity index is 1.98. The highest BCUT2D eigenvalue weighted by Crippen LogP contribution is 2.26. The molecule has 0 fully saturated rings. The Bertz CT molecular complexity index is 658. The Kier molecular flexibility index (Phi) is 7.00. The lowest BCUT2D eigenvalue weighted by Crippen LogP contribution is -2.34. The fourth-order valence-corrected chi connectivity index (χ4v) is 3.32. The number of amides is 1. The Hall–Kier alpha value is -1.65. The van der Waals surface area contributed by atoms with Crippen molar-refractivity contribution in [2.24, 2.45) is 0 Å². The first-order valence-electron chi connectivity index (χ1n) is 7.90. The first kappa shape index (κ1) is 18.7. The number of carbonyl (C=O) groups is 1. The van der Waals surface area contributed by atoms with Gasteiger partial charge in [-0.25, -0.2) is 0 Å². The maximum absolute atomic E-state index is 12.5. The van der Waals surface area contributed by atoms with E-state index in [1.807, 2.05) is 55.5 Å². The van der Waals surface area contributed by atoms with Gasteiger partial charge in [0.1, 0.15) is 5.75 Å². The first-order valence-corrected chi connectivity index (χ1v) is 9.15. The number of hydrogen-bond acceptors (Lipinski definition) is 3. The van der Waals surface area contributed by atoms with Crippen molar-refractivity contribution in [1.29, 1.82) is 0 Å². The van der Waals surface area contributed by atoms with Crippen molar-refractivity contribution in [2.45, 2.75) is 36.5 Å². The summed E-state index contributed by atoms with van der Waals surface area (Å²) in [7, 11) is 1.64. The summed E-state index contributed by atoms with van der Waals surface area (Å²) in [6.07, 6.45) is 0.830. The van der Waals surface area contributed by atoms with E-state index in [9.17, 15) is 4.79 Å². The molecule has 1 amide bonds. The fraction of sp³-hybridized carbons (Fsp3) is 0.316. The second-order valence-electron chi connectivity index (χ2n) is 5.46. The van der Waals surface area contributed by atoms with E-state index in [1.54, 1.807) is 7.11 Å². The number of methoxy groups -OCH3 is 1. The van der Waals surface area contributed by atoms with Gasteiger partial charge in [-0.05, 0) is 55.3 Å². The van der Waals surface area contributed by atoms with E-state index in [-0.39, 0.29) is 17.2 Å². The lowest BCUT2D eigenvalue weighted by atomic mass is 10.0. The molecule has 0 aromatic heterocycles. The van der Waals surface area contributed by atoms with Gasteiger partial charge in [0, 0.05) is 9.92 Å². The van der Waals surface area contributed by atoms with Gasteiger partial charge in [-0.1, -0.05) is 30.7 Å². The summed E-state index contributed by atoms with van der Waals surface area (Å²) >= 11 is 7.41. The summed E-state index contributed by atoms with van der Waals surface area (Å²) in [5.41, 5.74) is 1.08. The number of hydrogen-bond donors (Lipinski definition) is 1. The van der Waals surface area contributed by atoms with E-state index in [0.29, 0.717) is 5.02 Å². The highest BCUT2D eigenvalue weighted by atomic mass is 35.5. The van der Waals surface area contributed by atoms with Crippen LogP contribution in [0.4, 0.5) is 0 Å². The van der Waals surface area contributed by atoms with Crippen molar-refractivity contribution < 1.29 is 9.53 Å². The Morgan fingerprint density at radius 1 is 1.17 bits per heavy atom. The van der Waals surface area contributed by atoms with Crippen molar-refractivity contribution in [3.05, 3.63) is 59.1 Å². The molecule has 128 valence electrons. The van der Waals surface area contributed by atoms with E-state index >= 15 is 0 Å². The number of benzene rings is 2. The molecule has 0 saturated carbocycles. The minimum absolute atomic E-state index is 0.00308. The van der Waals surface area contributed by atoms with Gasteiger partial charge in [-0.2, -0.15) is 0 Å². The molecule has 24 heavy (non-hydrogen) atoms. The van der Waals surface area contributed by atoms with Crippen LogP contribution in [0.1, 0.15) is 31.9 Å². The maximum Gasteiger partial charge on any atom is 0.233 e. The first-order chi connectivity index (χ1) is 11.5. The van der Waals surface area contributed by atoms with Crippen molar-refractivity contribution in [3.8, 4) is 5.75 Å². The van der Waals surface area contributed by atoms with Crippen LogP contribution < -0.4 is 10.1 Å². The molecule has 0 aliphatic carbocycles. The largest absolute Gasteiger partial charge is 0.497 e. The Labute approximate surface area is 152 Å². The third-order valence-electron chi connectivity index (χ3n) is 3.74. The molecule has 3 nitrogen and oxygen atoms in total. The van der Waals surface area contributed by atoms with Crippen molar-refractivity contribution in [3.63, 3.8) is 0 Å². The van der Waals surface area contributed by atoms with Gasteiger partial charge in [0.2, 0.25) is 5.91 Å². The van der Waals surface area contributed by atoms with Crippen LogP contribution in [0, 0.1) is 0 Å². The van der Waals surface area contributed by atoms with Crippen molar-refractivity contribution in [1.82, 2.24) is 5.32 Å². The van der Waals surface area contributed by atoms with Crippen LogP contribution in [0.5, 0.6) is 5.75 Å². The van der Waals surface area contributed by atoms with Crippen LogP contribution in [0.25, 0.3) is 0 Å². The van der Waals surface area contributed by atoms with Crippen LogP contribution in [-0.4, -0.2) is 18.3 Å². The number of rotatable bonds is 7. The highest BCUT2D eigenvalue weighted by Gasteiger charge is 2.19. The summed E-state index contributed by atoms with van der Waals surface area (Å²) < 4.78 is 5.18. The van der Waals surface area contributed by atoms with Crippen molar-refractivity contribution in [2.75, 3.05) is 7.11 Å². The smallest absolute Gasteiger partial charge is 0.233 e. The molecule has 2 aromatic carbocycles. The number of halogens is 1. The Morgan fingerprint density at radius 2 is 1.79 bits per heavy atom. The van der Waals surface area contributed by atoms with Crippen LogP contribution in [-0.2, 0) is 4.79 Å². The molecule has 0 aliphatic heterocycles. The van der Waals surface area contributed by atoms with E-state index in [1.165, 1.54) is 11.8 Å². The molecular weight excluding hydrogens is 342 g/mol. The van der Waals surface area contributed by atoms with Crippen LogP contribution in [0.2, 0.25) is 5.02 Å². The molecule has 0 saturated heterocycles. The zero-order valence-corrected chi connectivity index (χ0v) is 15.7. The third-order valence-corrected chi connectivity index (χ3v) is 5.10. The normalized spacial score (nSPS) is 13.2. The number of ether oxygens (including phenoxy) is 1. The molecule has 0 heterocycles. The standard InChI is InChI=1S/C19H22ClNO2S/c1-4-18(14-5-9-16(23-3)10-6-14)21-19(22)13(2)24-17-11-7-15(20)8-12-17/h5-13,18H,4H2,1-3H3,(H,21,22)/t13-,18-/m0/s1. The summed E-state index contributed by atoms with van der Waals surface area (Å²) in [5.74, 6) is 0.837. The van der Waals surface area contributed by atoms with Crippen LogP contribution >= 0.6 is 23.4 Å². The predicted octanol–water partition coefficient (Wildman–Crippen LogP) is 5.10. The quantitative estimate of drug-likeness (QED) is 0.696. The topological polar surface area (TPSA) is 38.3 Å². The van der Waals surface area contributed by atoms with Gasteiger partial charge >= 0.3 is 0 Å². The molecule has 2 rings (SSSR count). The molecule has 0 radical (unpaired) electrons. The van der Waals surface area contributed by atoms with Crippen LogP contribution in [0.15, 0.2) is 53.4 Å². The molecule has 0 spiro atoms. The monoisotopic (exact) mass is 363 g/mol. The fourth-order valence-electron chi connectivity index (χ4n) is 2.32. The summed E-state index contributed by atoms with van der Waals surface area (Å²) in [5, 5.41) is 3.64. The zero-order valence-electron chi connectivity index (χ0n) is 14.1. The lowest BCUT2D eigenvalue weighted by molar-refractivity contribution is -0.121. The molecule has 0 bridgehead atoms. The predicted molar refractivity (Wildman–Crippen MR) is 101 cm³/mol. The van der Waals surface area contributed by atoms with E-state index in [2.05, 4.69) is 12.2 Å². The van der Waals surface area contributed by atoms with E-state index < -0.39 is 0 Å². The summed E-state index contributed by atoms with van der Waals surface area (Å²) in [4.78, 5) is 13.5. The molecule has 0 aliphatic rings. The van der Waals surface area contributed by atoms with E-state index in [4.69, 9.17) is 16.3 Å². The average molecular weight is 364 g/mol. The molecular formula is C19H22ClNO2S. The molecule has 2 aromatic rings. The van der Waals surface area contributed by atoms with Gasteiger partial charge in [-0.3, -0.25) is 4.79 Å². The van der Waals surface area contributed by atoms with Gasteiger partial charge in [0.05, 0.1) is 18.4 Å². The van der Waals surface area contributed by atoms with Crippen molar-refractivity contribution >= 4 is 29.3 Å². The zero-order chi connectivity index (χ0) is 17.5. The second-order valence-corrected chi connectivity index (χ2v) is 7.31. The van der Waals surface area contributed by atoms with Gasteiger partial charge < -0.3 is 10.1 Å². The van der Waals surface area contributed by atoms with Crippen LogP contribution in [0.3, 0.4) is 0 Å². The van der Waals surface area contributed by atoms with Gasteiger partial charge in [0.15, 0.2) is 0 Å². The van der Waals surface area contributed by atoms with E-state index in [0.717, 1.165) is 22.6 Å². The van der Waals surface area contributed by atoms with Gasteiger partial charge in [0.25, 0.3) is 0 Å². The summed E-state index contributed by atoms with van der Waals surface area (Å²) in [6.45, 7) is 3.97. The summed E-state index contributed by atoms with van der Waals surface area (Å²) in [6, 6.07) is 15.3. The SMILES string of the molecule is CC[C@H](NC(=O)[C@H](C)Sc1ccc(Cl)cc1)c1ccc(OC)cc1. The highest BCUT2D eigenvalue weighted by molar-refractivity contribution is 8.00. The molecule has 1 N–H and O–H groups in total.